The predicted octanol–water partition coefficient (Wildman–Crippen LogP) is 0.149. The Kier molecular flexibility index (Phi) is 3.82. The number of nitrogens with zero attached hydrogens (tertiary/aromatic N) is 2. The molecule has 2 fully saturated rings. The van der Waals surface area contributed by atoms with Gasteiger partial charge < -0.3 is 15.1 Å². The summed E-state index contributed by atoms with van der Waals surface area (Å²) in [6.45, 7) is 7.18. The van der Waals surface area contributed by atoms with Crippen molar-refractivity contribution in [2.24, 2.45) is 5.92 Å². The molecule has 2 unspecified atom stereocenters. The molecule has 0 bridgehead atoms. The molecule has 2 heterocycles. The number of carbonyl (C=O) groups excluding carboxylic acids is 1. The highest BCUT2D eigenvalue weighted by atomic mass is 16.2. The van der Waals surface area contributed by atoms with Gasteiger partial charge in [0.1, 0.15) is 0 Å². The normalized spacial score (nSPS) is 32.0. The Bertz CT molecular complexity index is 251. The molecule has 1 amide bonds. The van der Waals surface area contributed by atoms with E-state index in [1.54, 1.807) is 0 Å². The summed E-state index contributed by atoms with van der Waals surface area (Å²) in [6, 6.07) is 0.376. The molecule has 2 atom stereocenters. The van der Waals surface area contributed by atoms with Crippen LogP contribution < -0.4 is 5.32 Å². The largest absolute Gasteiger partial charge is 0.337 e. The van der Waals surface area contributed by atoms with Crippen LogP contribution in [0.1, 0.15) is 19.8 Å². The molecule has 2 aliphatic rings. The van der Waals surface area contributed by atoms with Gasteiger partial charge in [0.2, 0.25) is 5.91 Å². The van der Waals surface area contributed by atoms with Crippen molar-refractivity contribution in [2.75, 3.05) is 39.8 Å². The molecule has 0 aromatic rings. The van der Waals surface area contributed by atoms with Crippen LogP contribution in [0.5, 0.6) is 0 Å². The zero-order valence-electron chi connectivity index (χ0n) is 10.4. The molecular formula is C12H23N3O. The highest BCUT2D eigenvalue weighted by Gasteiger charge is 2.28. The molecule has 2 saturated heterocycles. The number of rotatable bonds is 2. The number of piperazine rings is 1. The van der Waals surface area contributed by atoms with Crippen molar-refractivity contribution in [2.45, 2.75) is 25.8 Å². The van der Waals surface area contributed by atoms with Crippen LogP contribution in [0.3, 0.4) is 0 Å². The van der Waals surface area contributed by atoms with Crippen LogP contribution in [0.2, 0.25) is 0 Å². The van der Waals surface area contributed by atoms with Crippen molar-refractivity contribution >= 4 is 5.91 Å². The molecule has 0 aliphatic carbocycles. The Morgan fingerprint density at radius 3 is 2.88 bits per heavy atom. The lowest BCUT2D eigenvalue weighted by molar-refractivity contribution is -0.136. The zero-order valence-corrected chi connectivity index (χ0v) is 10.4. The maximum atomic E-state index is 12.2. The molecule has 92 valence electrons. The fraction of sp³-hybridized carbons (Fsp3) is 0.917. The van der Waals surface area contributed by atoms with E-state index < -0.39 is 0 Å². The van der Waals surface area contributed by atoms with Gasteiger partial charge in [-0.05, 0) is 39.4 Å². The predicted molar refractivity (Wildman–Crippen MR) is 64.3 cm³/mol. The molecule has 2 aliphatic heterocycles. The van der Waals surface area contributed by atoms with Gasteiger partial charge in [-0.15, -0.1) is 0 Å². The lowest BCUT2D eigenvalue weighted by Gasteiger charge is -2.38. The van der Waals surface area contributed by atoms with Crippen LogP contribution in [0, 0.1) is 5.92 Å². The SMILES string of the molecule is CC1CN(C)CCN1C(=O)CC1CCNC1. The van der Waals surface area contributed by atoms with Crippen molar-refractivity contribution in [3.8, 4) is 0 Å². The van der Waals surface area contributed by atoms with E-state index >= 15 is 0 Å². The minimum Gasteiger partial charge on any atom is -0.337 e. The van der Waals surface area contributed by atoms with Crippen molar-refractivity contribution < 1.29 is 4.79 Å². The summed E-state index contributed by atoms with van der Waals surface area (Å²) in [5, 5.41) is 3.32. The zero-order chi connectivity index (χ0) is 11.5. The van der Waals surface area contributed by atoms with E-state index in [9.17, 15) is 4.79 Å². The maximum Gasteiger partial charge on any atom is 0.223 e. The van der Waals surface area contributed by atoms with E-state index in [2.05, 4.69) is 29.1 Å². The first kappa shape index (κ1) is 11.9. The van der Waals surface area contributed by atoms with Gasteiger partial charge in [-0.25, -0.2) is 0 Å². The van der Waals surface area contributed by atoms with Crippen molar-refractivity contribution in [1.82, 2.24) is 15.1 Å². The van der Waals surface area contributed by atoms with Gasteiger partial charge in [0.15, 0.2) is 0 Å². The Morgan fingerprint density at radius 2 is 2.25 bits per heavy atom. The minimum absolute atomic E-state index is 0.356. The second-order valence-electron chi connectivity index (χ2n) is 5.26. The molecular weight excluding hydrogens is 202 g/mol. The van der Waals surface area contributed by atoms with E-state index in [4.69, 9.17) is 0 Å². The summed E-state index contributed by atoms with van der Waals surface area (Å²) >= 11 is 0. The average Bonchev–Trinajstić information content (AvgIpc) is 2.70. The quantitative estimate of drug-likeness (QED) is 0.726. The third kappa shape index (κ3) is 2.74. The van der Waals surface area contributed by atoms with Crippen LogP contribution in [0.25, 0.3) is 0 Å². The van der Waals surface area contributed by atoms with Gasteiger partial charge in [0.05, 0.1) is 0 Å². The third-order valence-corrected chi connectivity index (χ3v) is 3.78. The smallest absolute Gasteiger partial charge is 0.223 e. The highest BCUT2D eigenvalue weighted by Crippen LogP contribution is 2.16. The maximum absolute atomic E-state index is 12.2. The van der Waals surface area contributed by atoms with Crippen LogP contribution in [0.15, 0.2) is 0 Å². The summed E-state index contributed by atoms with van der Waals surface area (Å²) in [7, 11) is 2.12. The van der Waals surface area contributed by atoms with Crippen LogP contribution in [0.4, 0.5) is 0 Å². The number of hydrogen-bond acceptors (Lipinski definition) is 3. The molecule has 2 rings (SSSR count). The molecule has 0 saturated carbocycles. The first-order chi connectivity index (χ1) is 7.66. The summed E-state index contributed by atoms with van der Waals surface area (Å²) in [5.41, 5.74) is 0. The summed E-state index contributed by atoms with van der Waals surface area (Å²) in [5.74, 6) is 0.925. The molecule has 16 heavy (non-hydrogen) atoms. The molecule has 4 heteroatoms. The lowest BCUT2D eigenvalue weighted by Crippen LogP contribution is -2.53. The van der Waals surface area contributed by atoms with Crippen molar-refractivity contribution in [3.05, 3.63) is 0 Å². The molecule has 0 aromatic heterocycles. The molecule has 1 N–H and O–H groups in total. The first-order valence-corrected chi connectivity index (χ1v) is 6.35. The van der Waals surface area contributed by atoms with Crippen LogP contribution in [-0.4, -0.2) is 61.5 Å². The average molecular weight is 225 g/mol. The van der Waals surface area contributed by atoms with Gasteiger partial charge in [0, 0.05) is 32.1 Å². The minimum atomic E-state index is 0.356. The van der Waals surface area contributed by atoms with Crippen LogP contribution >= 0.6 is 0 Å². The first-order valence-electron chi connectivity index (χ1n) is 6.35. The standard InChI is InChI=1S/C12H23N3O/c1-10-9-14(2)5-6-15(10)12(16)7-11-3-4-13-8-11/h10-11,13H,3-9H2,1-2H3. The van der Waals surface area contributed by atoms with E-state index in [0.29, 0.717) is 17.9 Å². The fourth-order valence-corrected chi connectivity index (χ4v) is 2.76. The topological polar surface area (TPSA) is 35.6 Å². The second-order valence-corrected chi connectivity index (χ2v) is 5.26. The number of hydrogen-bond donors (Lipinski definition) is 1. The summed E-state index contributed by atoms with van der Waals surface area (Å²) < 4.78 is 0. The number of carbonyl (C=O) groups is 1. The molecule has 4 nitrogen and oxygen atoms in total. The van der Waals surface area contributed by atoms with Gasteiger partial charge in [0.25, 0.3) is 0 Å². The highest BCUT2D eigenvalue weighted by molar-refractivity contribution is 5.77. The van der Waals surface area contributed by atoms with Gasteiger partial charge in [-0.1, -0.05) is 0 Å². The fourth-order valence-electron chi connectivity index (χ4n) is 2.76. The Balaban J connectivity index is 1.83. The molecule has 0 radical (unpaired) electrons. The third-order valence-electron chi connectivity index (χ3n) is 3.78. The Morgan fingerprint density at radius 1 is 1.44 bits per heavy atom. The Hall–Kier alpha value is -0.610. The van der Waals surface area contributed by atoms with Crippen LogP contribution in [-0.2, 0) is 4.79 Å². The van der Waals surface area contributed by atoms with E-state index in [-0.39, 0.29) is 0 Å². The van der Waals surface area contributed by atoms with Gasteiger partial charge in [-0.2, -0.15) is 0 Å². The van der Waals surface area contributed by atoms with E-state index in [1.165, 1.54) is 0 Å². The number of nitrogens with one attached hydrogen (secondary N) is 1. The molecule has 0 aromatic carbocycles. The monoisotopic (exact) mass is 225 g/mol. The number of likely N-dealkylation sites (N-methyl/N-ethyl adjacent to an activating group) is 1. The van der Waals surface area contributed by atoms with Crippen molar-refractivity contribution in [3.63, 3.8) is 0 Å². The van der Waals surface area contributed by atoms with Crippen molar-refractivity contribution in [1.29, 1.82) is 0 Å². The van der Waals surface area contributed by atoms with Gasteiger partial charge in [-0.3, -0.25) is 4.79 Å². The second kappa shape index (κ2) is 5.15. The summed E-state index contributed by atoms with van der Waals surface area (Å²) in [6.07, 6.45) is 1.90. The number of amides is 1. The van der Waals surface area contributed by atoms with Gasteiger partial charge >= 0.3 is 0 Å². The summed E-state index contributed by atoms with van der Waals surface area (Å²) in [4.78, 5) is 16.5. The van der Waals surface area contributed by atoms with E-state index in [1.807, 2.05) is 0 Å². The van der Waals surface area contributed by atoms with E-state index in [0.717, 1.165) is 45.6 Å². The Labute approximate surface area is 98.0 Å². The lowest BCUT2D eigenvalue weighted by atomic mass is 10.0. The molecule has 0 spiro atoms.